The van der Waals surface area contributed by atoms with Crippen molar-refractivity contribution in [2.45, 2.75) is 45.2 Å². The summed E-state index contributed by atoms with van der Waals surface area (Å²) in [6, 6.07) is 2.93. The molecule has 136 valence electrons. The Bertz CT molecular complexity index is 690. The summed E-state index contributed by atoms with van der Waals surface area (Å²) in [5, 5.41) is 13.3. The quantitative estimate of drug-likeness (QED) is 0.863. The number of likely N-dealkylation sites (N-methyl/N-ethyl adjacent to an activating group) is 1. The molecule has 6 nitrogen and oxygen atoms in total. The summed E-state index contributed by atoms with van der Waals surface area (Å²) >= 11 is 1.57. The predicted molar refractivity (Wildman–Crippen MR) is 101 cm³/mol. The van der Waals surface area contributed by atoms with Crippen LogP contribution < -0.4 is 11.1 Å². The number of anilines is 1. The second-order valence-corrected chi connectivity index (χ2v) is 8.22. The van der Waals surface area contributed by atoms with Gasteiger partial charge in [-0.2, -0.15) is 5.26 Å². The number of amides is 2. The van der Waals surface area contributed by atoms with Gasteiger partial charge in [-0.25, -0.2) is 4.79 Å². The molecule has 3 N–H and O–H groups in total. The van der Waals surface area contributed by atoms with Gasteiger partial charge < -0.3 is 20.9 Å². The molecule has 7 heteroatoms. The van der Waals surface area contributed by atoms with Crippen LogP contribution in [0.4, 0.5) is 9.80 Å². The summed E-state index contributed by atoms with van der Waals surface area (Å²) < 4.78 is 0. The molecule has 0 aromatic carbocycles. The maximum atomic E-state index is 12.4. The first-order valence-corrected chi connectivity index (χ1v) is 9.85. The van der Waals surface area contributed by atoms with Gasteiger partial charge in [-0.15, -0.1) is 11.3 Å². The van der Waals surface area contributed by atoms with Crippen LogP contribution >= 0.6 is 11.3 Å². The number of rotatable bonds is 3. The minimum absolute atomic E-state index is 0.0239. The molecule has 2 aliphatic rings. The Morgan fingerprint density at radius 2 is 2.16 bits per heavy atom. The maximum Gasteiger partial charge on any atom is 0.317 e. The fourth-order valence-corrected chi connectivity index (χ4v) is 5.45. The first-order valence-electron chi connectivity index (χ1n) is 9.04. The van der Waals surface area contributed by atoms with Crippen LogP contribution in [0.15, 0.2) is 0 Å². The molecule has 1 saturated heterocycles. The summed E-state index contributed by atoms with van der Waals surface area (Å²) in [6.45, 7) is 6.31. The van der Waals surface area contributed by atoms with Crippen molar-refractivity contribution in [1.82, 2.24) is 15.1 Å². The van der Waals surface area contributed by atoms with E-state index < -0.39 is 0 Å². The second-order valence-electron chi connectivity index (χ2n) is 7.08. The van der Waals surface area contributed by atoms with E-state index in [1.165, 1.54) is 4.88 Å². The average molecular weight is 362 g/mol. The molecule has 2 heterocycles. The minimum Gasteiger partial charge on any atom is -0.389 e. The molecule has 0 saturated carbocycles. The number of piperidine rings is 1. The molecular weight excluding hydrogens is 334 g/mol. The first-order chi connectivity index (χ1) is 12.0. The van der Waals surface area contributed by atoms with E-state index in [0.717, 1.165) is 44.5 Å². The molecule has 1 aliphatic heterocycles. The van der Waals surface area contributed by atoms with Gasteiger partial charge in [-0.1, -0.05) is 0 Å². The van der Waals surface area contributed by atoms with Crippen molar-refractivity contribution in [3.05, 3.63) is 16.0 Å². The molecule has 0 radical (unpaired) electrons. The first kappa shape index (κ1) is 18.0. The lowest BCUT2D eigenvalue weighted by molar-refractivity contribution is 0.0872. The Morgan fingerprint density at radius 1 is 1.44 bits per heavy atom. The number of likely N-dealkylation sites (tertiary alicyclic amines) is 1. The van der Waals surface area contributed by atoms with E-state index >= 15 is 0 Å². The molecule has 1 aliphatic carbocycles. The number of carbonyl (C=O) groups is 1. The molecule has 1 aromatic rings. The second kappa shape index (κ2) is 7.22. The van der Waals surface area contributed by atoms with Gasteiger partial charge in [0.1, 0.15) is 11.1 Å². The number of hydrogen-bond donors (Lipinski definition) is 2. The average Bonchev–Trinajstić information content (AvgIpc) is 2.88. The lowest BCUT2D eigenvalue weighted by Crippen LogP contribution is -2.57. The zero-order valence-corrected chi connectivity index (χ0v) is 16.0. The monoisotopic (exact) mass is 361 g/mol. The van der Waals surface area contributed by atoms with Crippen LogP contribution in [0.5, 0.6) is 0 Å². The van der Waals surface area contributed by atoms with Gasteiger partial charge in [0.2, 0.25) is 0 Å². The van der Waals surface area contributed by atoms with Crippen LogP contribution in [0, 0.1) is 17.2 Å². The van der Waals surface area contributed by atoms with Crippen molar-refractivity contribution >= 4 is 22.4 Å². The van der Waals surface area contributed by atoms with Crippen molar-refractivity contribution in [2.24, 2.45) is 5.92 Å². The summed E-state index contributed by atoms with van der Waals surface area (Å²) in [4.78, 5) is 17.8. The van der Waals surface area contributed by atoms with Crippen molar-refractivity contribution in [2.75, 3.05) is 32.4 Å². The van der Waals surface area contributed by atoms with Crippen molar-refractivity contribution in [3.8, 4) is 6.07 Å². The highest BCUT2D eigenvalue weighted by atomic mass is 32.1. The Morgan fingerprint density at radius 3 is 2.80 bits per heavy atom. The highest BCUT2D eigenvalue weighted by molar-refractivity contribution is 7.16. The Labute approximate surface area is 153 Å². The minimum atomic E-state index is 0.0239. The largest absolute Gasteiger partial charge is 0.389 e. The number of thiophene rings is 1. The van der Waals surface area contributed by atoms with E-state index in [4.69, 9.17) is 5.73 Å². The number of nitrogens with one attached hydrogen (secondary N) is 1. The lowest BCUT2D eigenvalue weighted by Gasteiger charge is -2.45. The van der Waals surface area contributed by atoms with Crippen molar-refractivity contribution < 1.29 is 4.79 Å². The summed E-state index contributed by atoms with van der Waals surface area (Å²) in [7, 11) is 2.14. The fraction of sp³-hybridized carbons (Fsp3) is 0.667. The van der Waals surface area contributed by atoms with E-state index in [2.05, 4.69) is 23.3 Å². The maximum absolute atomic E-state index is 12.4. The van der Waals surface area contributed by atoms with Crippen LogP contribution in [-0.4, -0.2) is 54.6 Å². The van der Waals surface area contributed by atoms with Crippen LogP contribution in [0.1, 0.15) is 36.3 Å². The molecule has 1 fully saturated rings. The normalized spacial score (nSPS) is 25.6. The third-order valence-electron chi connectivity index (χ3n) is 5.67. The van der Waals surface area contributed by atoms with Gasteiger partial charge in [0.05, 0.1) is 5.56 Å². The molecule has 0 spiro atoms. The molecule has 3 atom stereocenters. The molecule has 0 bridgehead atoms. The fourth-order valence-electron chi connectivity index (χ4n) is 4.35. The standard InChI is InChI=1S/C18H27N5OS/c1-4-23(5-2)18(24)21-12-6-11-7-13-14(9-19)17(20)25-16(13)8-15(11)22(3)10-12/h11-12,15H,4-8,10,20H2,1-3H3,(H,21,24). The third kappa shape index (κ3) is 3.33. The summed E-state index contributed by atoms with van der Waals surface area (Å²) in [5.74, 6) is 0.453. The highest BCUT2D eigenvalue weighted by Gasteiger charge is 2.40. The van der Waals surface area contributed by atoms with Gasteiger partial charge in [0.15, 0.2) is 0 Å². The lowest BCUT2D eigenvalue weighted by atomic mass is 9.76. The number of urea groups is 1. The van der Waals surface area contributed by atoms with Crippen molar-refractivity contribution in [1.29, 1.82) is 5.26 Å². The van der Waals surface area contributed by atoms with E-state index in [1.807, 2.05) is 18.7 Å². The zero-order valence-electron chi connectivity index (χ0n) is 15.2. The number of nitrogens with two attached hydrogens (primary N) is 1. The Hall–Kier alpha value is -1.78. The molecule has 2 amide bonds. The van der Waals surface area contributed by atoms with Gasteiger partial charge in [0.25, 0.3) is 0 Å². The van der Waals surface area contributed by atoms with Gasteiger partial charge >= 0.3 is 6.03 Å². The third-order valence-corrected chi connectivity index (χ3v) is 6.76. The Kier molecular flexibility index (Phi) is 5.21. The van der Waals surface area contributed by atoms with Gasteiger partial charge in [0, 0.05) is 36.6 Å². The molecular formula is C18H27N5OS. The van der Waals surface area contributed by atoms with E-state index in [1.54, 1.807) is 11.3 Å². The topological polar surface area (TPSA) is 85.4 Å². The van der Waals surface area contributed by atoms with E-state index in [-0.39, 0.29) is 12.1 Å². The number of hydrogen-bond acceptors (Lipinski definition) is 5. The smallest absolute Gasteiger partial charge is 0.317 e. The SMILES string of the molecule is CCN(CC)C(=O)NC1CC2Cc3c(sc(N)c3C#N)CC2N(C)C1. The number of nitriles is 1. The van der Waals surface area contributed by atoms with Crippen LogP contribution in [-0.2, 0) is 12.8 Å². The molecule has 25 heavy (non-hydrogen) atoms. The van der Waals surface area contributed by atoms with E-state index in [0.29, 0.717) is 22.5 Å². The van der Waals surface area contributed by atoms with E-state index in [9.17, 15) is 10.1 Å². The summed E-state index contributed by atoms with van der Waals surface area (Å²) in [5.41, 5.74) is 7.86. The zero-order chi connectivity index (χ0) is 18.1. The highest BCUT2D eigenvalue weighted by Crippen LogP contribution is 2.41. The van der Waals surface area contributed by atoms with Crippen LogP contribution in [0.2, 0.25) is 0 Å². The number of fused-ring (bicyclic) bond motifs is 2. The van der Waals surface area contributed by atoms with Crippen LogP contribution in [0.3, 0.4) is 0 Å². The van der Waals surface area contributed by atoms with Gasteiger partial charge in [-0.3, -0.25) is 0 Å². The summed E-state index contributed by atoms with van der Waals surface area (Å²) in [6.07, 6.45) is 2.81. The Balaban J connectivity index is 1.74. The number of nitrogens with zero attached hydrogens (tertiary/aromatic N) is 3. The number of carbonyl (C=O) groups excluding carboxylic acids is 1. The van der Waals surface area contributed by atoms with Crippen molar-refractivity contribution in [3.63, 3.8) is 0 Å². The molecule has 3 rings (SSSR count). The van der Waals surface area contributed by atoms with Gasteiger partial charge in [-0.05, 0) is 51.6 Å². The number of nitrogen functional groups attached to an aromatic ring is 1. The molecule has 3 unspecified atom stereocenters. The molecule has 1 aromatic heterocycles. The predicted octanol–water partition coefficient (Wildman–Crippen LogP) is 2.04. The van der Waals surface area contributed by atoms with Crippen LogP contribution in [0.25, 0.3) is 0 Å².